The number of rotatable bonds is 10. The van der Waals surface area contributed by atoms with Gasteiger partial charge in [-0.25, -0.2) is 8.78 Å². The van der Waals surface area contributed by atoms with Crippen LogP contribution < -0.4 is 10.6 Å². The van der Waals surface area contributed by atoms with E-state index in [1.54, 1.807) is 30.3 Å². The third kappa shape index (κ3) is 7.63. The maximum Gasteiger partial charge on any atom is 0.253 e. The topological polar surface area (TPSA) is 122 Å². The van der Waals surface area contributed by atoms with Crippen LogP contribution in [0, 0.1) is 11.6 Å². The average molecular weight is 561 g/mol. The van der Waals surface area contributed by atoms with E-state index in [9.17, 15) is 32.9 Å². The molecule has 0 radical (unpaired) electrons. The predicted molar refractivity (Wildman–Crippen MR) is 147 cm³/mol. The molecule has 3 aromatic rings. The molecule has 0 aromatic heterocycles. The minimum absolute atomic E-state index is 0.0682. The summed E-state index contributed by atoms with van der Waals surface area (Å²) in [5, 5.41) is 27.5. The van der Waals surface area contributed by atoms with Gasteiger partial charge in [0.1, 0.15) is 11.6 Å². The van der Waals surface area contributed by atoms with Crippen molar-refractivity contribution < 1.29 is 32.9 Å². The first-order valence-electron chi connectivity index (χ1n) is 12.8. The third-order valence-electron chi connectivity index (χ3n) is 6.92. The van der Waals surface area contributed by atoms with E-state index in [-0.39, 0.29) is 30.0 Å². The van der Waals surface area contributed by atoms with Gasteiger partial charge in [-0.1, -0.05) is 55.5 Å². The van der Waals surface area contributed by atoms with Crippen molar-refractivity contribution in [2.24, 2.45) is 0 Å². The van der Waals surface area contributed by atoms with Gasteiger partial charge in [0.2, 0.25) is 0 Å². The number of nitrogens with one attached hydrogen (secondary N) is 2. The molecular formula is C29H34F2N2O5S. The monoisotopic (exact) mass is 560 g/mol. The van der Waals surface area contributed by atoms with Gasteiger partial charge in [0.15, 0.2) is 6.10 Å². The Morgan fingerprint density at radius 3 is 2.36 bits per heavy atom. The average Bonchev–Trinajstić information content (AvgIpc) is 2.89. The Balaban J connectivity index is 1.53. The van der Waals surface area contributed by atoms with Crippen LogP contribution in [0.2, 0.25) is 0 Å². The first-order valence-corrected chi connectivity index (χ1v) is 14.7. The number of benzene rings is 3. The lowest BCUT2D eigenvalue weighted by Crippen LogP contribution is -2.50. The number of carbonyl (C=O) groups excluding carboxylic acids is 1. The fraction of sp³-hybridized carbons (Fsp3) is 0.345. The lowest BCUT2D eigenvalue weighted by atomic mass is 9.96. The van der Waals surface area contributed by atoms with Crippen LogP contribution in [-0.4, -0.2) is 49.7 Å². The largest absolute Gasteiger partial charge is 0.390 e. The number of fused-ring (bicyclic) bond motifs is 1. The van der Waals surface area contributed by atoms with Crippen molar-refractivity contribution in [2.75, 3.05) is 12.3 Å². The SMILES string of the molecule is CCc1ccc2c(c1)[C@@H](NC[C@@H](O)[C@H](Cc1cc(F)cc(F)c1)NC(=O)C(O)c1ccccc1)CS(O)(O)C2. The molecule has 4 rings (SSSR count). The zero-order valence-corrected chi connectivity index (χ0v) is 22.4. The molecule has 1 amide bonds. The third-order valence-corrected chi connectivity index (χ3v) is 8.56. The lowest BCUT2D eigenvalue weighted by molar-refractivity contribution is -0.131. The molecule has 1 heterocycles. The van der Waals surface area contributed by atoms with Gasteiger partial charge < -0.3 is 20.8 Å². The molecule has 0 saturated carbocycles. The number of aryl methyl sites for hydroxylation is 1. The fourth-order valence-corrected chi connectivity index (χ4v) is 6.58. The van der Waals surface area contributed by atoms with Crippen LogP contribution in [0.4, 0.5) is 8.78 Å². The summed E-state index contributed by atoms with van der Waals surface area (Å²) in [4.78, 5) is 12.9. The first-order chi connectivity index (χ1) is 18.5. The number of hydrogen-bond acceptors (Lipinski definition) is 6. The molecule has 0 fully saturated rings. The van der Waals surface area contributed by atoms with Crippen LogP contribution in [0.3, 0.4) is 0 Å². The van der Waals surface area contributed by atoms with Gasteiger partial charge in [-0.2, -0.15) is 10.6 Å². The Morgan fingerprint density at radius 2 is 1.69 bits per heavy atom. The lowest BCUT2D eigenvalue weighted by Gasteiger charge is -2.42. The summed E-state index contributed by atoms with van der Waals surface area (Å²) in [7, 11) is -2.88. The van der Waals surface area contributed by atoms with E-state index < -0.39 is 52.4 Å². The van der Waals surface area contributed by atoms with E-state index in [0.29, 0.717) is 5.56 Å². The summed E-state index contributed by atoms with van der Waals surface area (Å²) in [6, 6.07) is 15.6. The van der Waals surface area contributed by atoms with Gasteiger partial charge in [-0.3, -0.25) is 13.9 Å². The Hall–Kier alpha value is -2.86. The highest BCUT2D eigenvalue weighted by Gasteiger charge is 2.32. The highest BCUT2D eigenvalue weighted by molar-refractivity contribution is 8.23. The maximum atomic E-state index is 13.9. The van der Waals surface area contributed by atoms with Crippen LogP contribution in [-0.2, 0) is 23.4 Å². The van der Waals surface area contributed by atoms with Crippen molar-refractivity contribution in [2.45, 2.75) is 49.8 Å². The molecule has 0 bridgehead atoms. The van der Waals surface area contributed by atoms with Crippen LogP contribution in [0.15, 0.2) is 66.7 Å². The highest BCUT2D eigenvalue weighted by atomic mass is 32.3. The minimum atomic E-state index is -2.88. The Bertz CT molecular complexity index is 1270. The molecule has 0 saturated heterocycles. The van der Waals surface area contributed by atoms with Gasteiger partial charge >= 0.3 is 0 Å². The van der Waals surface area contributed by atoms with E-state index >= 15 is 0 Å². The van der Waals surface area contributed by atoms with E-state index in [0.717, 1.165) is 41.3 Å². The van der Waals surface area contributed by atoms with E-state index in [2.05, 4.69) is 10.6 Å². The second kappa shape index (κ2) is 12.5. The molecule has 6 N–H and O–H groups in total. The van der Waals surface area contributed by atoms with Crippen LogP contribution in [0.5, 0.6) is 0 Å². The highest BCUT2D eigenvalue weighted by Crippen LogP contribution is 2.50. The minimum Gasteiger partial charge on any atom is -0.390 e. The fourth-order valence-electron chi connectivity index (χ4n) is 4.87. The number of halogens is 2. The van der Waals surface area contributed by atoms with Crippen molar-refractivity contribution in [3.8, 4) is 0 Å². The van der Waals surface area contributed by atoms with Crippen LogP contribution in [0.1, 0.15) is 46.9 Å². The molecule has 210 valence electrons. The Morgan fingerprint density at radius 1 is 1.00 bits per heavy atom. The second-order valence-electron chi connectivity index (χ2n) is 9.94. The van der Waals surface area contributed by atoms with E-state index in [4.69, 9.17) is 0 Å². The van der Waals surface area contributed by atoms with Gasteiger partial charge in [0.25, 0.3) is 5.91 Å². The van der Waals surface area contributed by atoms with Gasteiger partial charge in [-0.05, 0) is 52.8 Å². The molecule has 0 spiro atoms. The summed E-state index contributed by atoms with van der Waals surface area (Å²) in [6.07, 6.45) is -2.06. The van der Waals surface area contributed by atoms with Crippen LogP contribution in [0.25, 0.3) is 0 Å². The number of aliphatic hydroxyl groups is 2. The summed E-state index contributed by atoms with van der Waals surface area (Å²) in [5.41, 5.74) is 3.40. The predicted octanol–water partition coefficient (Wildman–Crippen LogP) is 4.24. The van der Waals surface area contributed by atoms with Crippen molar-refractivity contribution in [3.05, 3.63) is 106 Å². The molecule has 39 heavy (non-hydrogen) atoms. The molecule has 0 aliphatic carbocycles. The Labute approximate surface area is 228 Å². The molecule has 4 atom stereocenters. The normalized spacial score (nSPS) is 19.4. The van der Waals surface area contributed by atoms with Crippen LogP contribution >= 0.6 is 10.6 Å². The molecule has 1 aliphatic heterocycles. The van der Waals surface area contributed by atoms with Gasteiger partial charge in [-0.15, -0.1) is 0 Å². The smallest absolute Gasteiger partial charge is 0.253 e. The van der Waals surface area contributed by atoms with E-state index in [1.165, 1.54) is 0 Å². The summed E-state index contributed by atoms with van der Waals surface area (Å²) in [6.45, 7) is 1.96. The number of hydrogen-bond donors (Lipinski definition) is 6. The summed E-state index contributed by atoms with van der Waals surface area (Å²) < 4.78 is 48.8. The molecule has 3 aromatic carbocycles. The zero-order chi connectivity index (χ0) is 28.2. The van der Waals surface area contributed by atoms with Crippen molar-refractivity contribution in [1.29, 1.82) is 0 Å². The summed E-state index contributed by atoms with van der Waals surface area (Å²) >= 11 is 0. The number of aliphatic hydroxyl groups excluding tert-OH is 2. The second-order valence-corrected chi connectivity index (χ2v) is 12.2. The molecular weight excluding hydrogens is 526 g/mol. The van der Waals surface area contributed by atoms with Gasteiger partial charge in [0.05, 0.1) is 29.7 Å². The van der Waals surface area contributed by atoms with Crippen molar-refractivity contribution >= 4 is 16.5 Å². The van der Waals surface area contributed by atoms with Crippen molar-refractivity contribution in [3.63, 3.8) is 0 Å². The van der Waals surface area contributed by atoms with E-state index in [1.807, 2.05) is 25.1 Å². The molecule has 1 aliphatic rings. The molecule has 1 unspecified atom stereocenters. The quantitative estimate of drug-likeness (QED) is 0.221. The maximum absolute atomic E-state index is 13.9. The number of amides is 1. The van der Waals surface area contributed by atoms with Crippen molar-refractivity contribution in [1.82, 2.24) is 10.6 Å². The summed E-state index contributed by atoms with van der Waals surface area (Å²) in [5.74, 6) is -2.12. The van der Waals surface area contributed by atoms with Gasteiger partial charge in [0, 0.05) is 12.6 Å². The first kappa shape index (κ1) is 29.1. The Kier molecular flexibility index (Phi) is 9.37. The standard InChI is InChI=1S/C29H34F2N2O5S/c1-2-18-8-9-21-16-39(37,38)17-26(24(21)12-18)32-15-27(34)25(13-19-10-22(30)14-23(31)11-19)33-29(36)28(35)20-6-4-3-5-7-20/h3-12,14,25-28,32,34-35,37-38H,2,13,15-17H2,1H3,(H,33,36)/t25-,26-,27+,28?/m0/s1. The number of carbonyl (C=O) groups is 1. The molecule has 10 heteroatoms. The molecule has 7 nitrogen and oxygen atoms in total. The zero-order valence-electron chi connectivity index (χ0n) is 21.6.